The molecule has 4 radical (unpaired) electrons. The molecular formula is C7H2B2F3N3. The molecule has 0 spiro atoms. The summed E-state index contributed by atoms with van der Waals surface area (Å²) in [6.07, 6.45) is -2.48. The molecule has 2 rings (SSSR count). The highest BCUT2D eigenvalue weighted by Crippen LogP contribution is 2.27. The van der Waals surface area contributed by atoms with Gasteiger partial charge in [0.15, 0.2) is 5.69 Å². The number of rotatable bonds is 0. The van der Waals surface area contributed by atoms with Crippen LogP contribution < -0.4 is 11.2 Å². The number of aromatic nitrogens is 3. The Bertz CT molecular complexity index is 520. The van der Waals surface area contributed by atoms with Crippen molar-refractivity contribution in [2.45, 2.75) is 6.18 Å². The maximum Gasteiger partial charge on any atom is 0.434 e. The Hall–Kier alpha value is -1.46. The largest absolute Gasteiger partial charge is 0.434 e. The Balaban J connectivity index is 2.71. The first-order valence-corrected chi connectivity index (χ1v) is 3.86. The minimum Gasteiger partial charge on any atom is -0.305 e. The zero-order valence-electron chi connectivity index (χ0n) is 7.28. The van der Waals surface area contributed by atoms with Crippen LogP contribution >= 0.6 is 0 Å². The number of fused-ring (bicyclic) bond motifs is 1. The fourth-order valence-corrected chi connectivity index (χ4v) is 1.18. The van der Waals surface area contributed by atoms with E-state index in [1.54, 1.807) is 0 Å². The van der Waals surface area contributed by atoms with Crippen molar-refractivity contribution in [3.05, 3.63) is 18.1 Å². The van der Waals surface area contributed by atoms with Crippen LogP contribution in [0.4, 0.5) is 13.2 Å². The monoisotopic (exact) mass is 207 g/mol. The van der Waals surface area contributed by atoms with Gasteiger partial charge in [0.05, 0.1) is 0 Å². The average molecular weight is 207 g/mol. The Morgan fingerprint density at radius 1 is 1.13 bits per heavy atom. The molecule has 0 aliphatic rings. The number of alkyl halides is 3. The van der Waals surface area contributed by atoms with E-state index in [9.17, 15) is 13.2 Å². The van der Waals surface area contributed by atoms with Crippen LogP contribution in [0.1, 0.15) is 5.69 Å². The van der Waals surface area contributed by atoms with Crippen molar-refractivity contribution in [3.63, 3.8) is 0 Å². The second-order valence-electron chi connectivity index (χ2n) is 2.91. The van der Waals surface area contributed by atoms with E-state index in [0.717, 1.165) is 10.6 Å². The number of nitrogens with zero attached hydrogens (tertiary/aromatic N) is 3. The van der Waals surface area contributed by atoms with Gasteiger partial charge >= 0.3 is 6.18 Å². The normalized spacial score (nSPS) is 12.2. The summed E-state index contributed by atoms with van der Waals surface area (Å²) in [5.41, 5.74) is -1.19. The van der Waals surface area contributed by atoms with Crippen LogP contribution in [0.3, 0.4) is 0 Å². The third kappa shape index (κ3) is 1.71. The second kappa shape index (κ2) is 3.01. The molecular weight excluding hydrogens is 205 g/mol. The molecule has 8 heteroatoms. The molecule has 0 fully saturated rings. The van der Waals surface area contributed by atoms with E-state index in [0.29, 0.717) is 0 Å². The minimum atomic E-state index is -4.51. The molecule has 0 N–H and O–H groups in total. The molecule has 0 aromatic carbocycles. The van der Waals surface area contributed by atoms with Gasteiger partial charge in [0, 0.05) is 23.6 Å². The Morgan fingerprint density at radius 2 is 1.80 bits per heavy atom. The van der Waals surface area contributed by atoms with Crippen molar-refractivity contribution in [1.29, 1.82) is 0 Å². The first-order valence-electron chi connectivity index (χ1n) is 3.86. The molecule has 0 saturated carbocycles. The van der Waals surface area contributed by atoms with Crippen LogP contribution in [-0.2, 0) is 6.18 Å². The number of imidazole rings is 1. The molecule has 3 nitrogen and oxygen atoms in total. The maximum absolute atomic E-state index is 12.3. The molecule has 0 aliphatic carbocycles. The van der Waals surface area contributed by atoms with Gasteiger partial charge in [-0.1, -0.05) is 0 Å². The molecule has 0 amide bonds. The molecule has 72 valence electrons. The van der Waals surface area contributed by atoms with Gasteiger partial charge in [-0.2, -0.15) is 13.2 Å². The quantitative estimate of drug-likeness (QED) is 0.536. The van der Waals surface area contributed by atoms with Crippen molar-refractivity contribution >= 4 is 32.5 Å². The second-order valence-corrected chi connectivity index (χ2v) is 2.91. The Morgan fingerprint density at radius 3 is 2.40 bits per heavy atom. The van der Waals surface area contributed by atoms with Crippen LogP contribution in [0, 0.1) is 0 Å². The van der Waals surface area contributed by atoms with Gasteiger partial charge < -0.3 is 4.40 Å². The summed E-state index contributed by atoms with van der Waals surface area (Å²) in [5.74, 6) is 0. The first kappa shape index (κ1) is 10.1. The molecule has 2 aromatic heterocycles. The van der Waals surface area contributed by atoms with E-state index in [1.807, 2.05) is 0 Å². The smallest absolute Gasteiger partial charge is 0.305 e. The van der Waals surface area contributed by atoms with Crippen LogP contribution in [0.15, 0.2) is 12.4 Å². The van der Waals surface area contributed by atoms with E-state index in [4.69, 9.17) is 15.7 Å². The summed E-state index contributed by atoms with van der Waals surface area (Å²) < 4.78 is 38.0. The summed E-state index contributed by atoms with van der Waals surface area (Å²) in [7, 11) is 10.7. The van der Waals surface area contributed by atoms with Gasteiger partial charge in [-0.05, 0) is 0 Å². The molecule has 0 saturated heterocycles. The van der Waals surface area contributed by atoms with E-state index in [-0.39, 0.29) is 16.8 Å². The average Bonchev–Trinajstić information content (AvgIpc) is 2.46. The molecule has 0 unspecified atom stereocenters. The molecule has 0 bridgehead atoms. The van der Waals surface area contributed by atoms with E-state index < -0.39 is 11.9 Å². The Kier molecular flexibility index (Phi) is 2.02. The lowest BCUT2D eigenvalue weighted by Crippen LogP contribution is -2.24. The van der Waals surface area contributed by atoms with Crippen LogP contribution in [0.2, 0.25) is 0 Å². The van der Waals surface area contributed by atoms with E-state index >= 15 is 0 Å². The fraction of sp³-hybridized carbons (Fsp3) is 0.143. The van der Waals surface area contributed by atoms with Crippen molar-refractivity contribution in [3.8, 4) is 0 Å². The summed E-state index contributed by atoms with van der Waals surface area (Å²) in [6, 6.07) is 0. The zero-order valence-corrected chi connectivity index (χ0v) is 7.28. The van der Waals surface area contributed by atoms with Gasteiger partial charge in [0.1, 0.15) is 21.3 Å². The standard InChI is InChI=1S/C7H2B2F3N3/c8-4-2-15-1-3(7(10,11)12)13-6(15)5(9)14-4/h1-2H. The van der Waals surface area contributed by atoms with Crippen molar-refractivity contribution in [2.24, 2.45) is 0 Å². The van der Waals surface area contributed by atoms with Crippen molar-refractivity contribution < 1.29 is 13.2 Å². The third-order valence-corrected chi connectivity index (χ3v) is 1.77. The van der Waals surface area contributed by atoms with Crippen molar-refractivity contribution in [2.75, 3.05) is 0 Å². The van der Waals surface area contributed by atoms with Gasteiger partial charge in [0.2, 0.25) is 0 Å². The van der Waals surface area contributed by atoms with E-state index in [1.165, 1.54) is 6.20 Å². The molecule has 2 heterocycles. The Labute approximate surface area is 85.2 Å². The zero-order chi connectivity index (χ0) is 11.2. The highest BCUT2D eigenvalue weighted by atomic mass is 19.4. The van der Waals surface area contributed by atoms with Gasteiger partial charge in [-0.15, -0.1) is 0 Å². The predicted octanol–water partition coefficient (Wildman–Crippen LogP) is -0.664. The SMILES string of the molecule is [B]c1cn2cc(C(F)(F)F)nc2c([B])n1. The summed E-state index contributed by atoms with van der Waals surface area (Å²) in [5, 5.41) is 0. The third-order valence-electron chi connectivity index (χ3n) is 1.77. The van der Waals surface area contributed by atoms with E-state index in [2.05, 4.69) is 9.97 Å². The van der Waals surface area contributed by atoms with Crippen molar-refractivity contribution in [1.82, 2.24) is 14.4 Å². The number of halogens is 3. The molecule has 2 aromatic rings. The summed E-state index contributed by atoms with van der Waals surface area (Å²) in [6.45, 7) is 0. The highest BCUT2D eigenvalue weighted by molar-refractivity contribution is 6.37. The predicted molar refractivity (Wildman–Crippen MR) is 48.8 cm³/mol. The number of hydrogen-bond donors (Lipinski definition) is 0. The molecule has 0 atom stereocenters. The first-order chi connectivity index (χ1) is 6.88. The van der Waals surface area contributed by atoms with Gasteiger partial charge in [-0.3, -0.25) is 4.98 Å². The fourth-order valence-electron chi connectivity index (χ4n) is 1.18. The molecule has 0 aliphatic heterocycles. The lowest BCUT2D eigenvalue weighted by molar-refractivity contribution is -0.140. The molecule has 15 heavy (non-hydrogen) atoms. The summed E-state index contributed by atoms with van der Waals surface area (Å²) >= 11 is 0. The topological polar surface area (TPSA) is 30.2 Å². The van der Waals surface area contributed by atoms with Crippen LogP contribution in [0.25, 0.3) is 5.65 Å². The highest BCUT2D eigenvalue weighted by Gasteiger charge is 2.34. The lowest BCUT2D eigenvalue weighted by Gasteiger charge is -1.99. The number of hydrogen-bond acceptors (Lipinski definition) is 2. The van der Waals surface area contributed by atoms with Gasteiger partial charge in [0.25, 0.3) is 0 Å². The maximum atomic E-state index is 12.3. The van der Waals surface area contributed by atoms with Crippen LogP contribution in [-0.4, -0.2) is 30.1 Å². The lowest BCUT2D eigenvalue weighted by atomic mass is 10.0. The summed E-state index contributed by atoms with van der Waals surface area (Å²) in [4.78, 5) is 6.92. The minimum absolute atomic E-state index is 0.0334. The van der Waals surface area contributed by atoms with Crippen LogP contribution in [0.5, 0.6) is 0 Å². The van der Waals surface area contributed by atoms with Gasteiger partial charge in [-0.25, -0.2) is 4.98 Å².